The van der Waals surface area contributed by atoms with E-state index in [2.05, 4.69) is 43.7 Å². The van der Waals surface area contributed by atoms with Gasteiger partial charge < -0.3 is 14.2 Å². The van der Waals surface area contributed by atoms with Crippen molar-refractivity contribution >= 4 is 28.2 Å². The lowest BCUT2D eigenvalue weighted by atomic mass is 10.0. The van der Waals surface area contributed by atoms with Gasteiger partial charge in [0.25, 0.3) is 0 Å². The lowest BCUT2D eigenvalue weighted by Gasteiger charge is -2.27. The standard InChI is InChI=1S/C26H32N6OS/c1-18(2)26(30-29-20(4)25-19(3)28-17-33-25)34-12-6-10-31-15-22-9-11-32(24(22)16-31)23-8-5-7-21(13-23)14-27/h5,7-8,13,17,22,24H,1,6,9-12,15-16H2,2-4H3/b29-20+,30-26+/t22-,24+/m0/s1. The highest BCUT2D eigenvalue weighted by Gasteiger charge is 2.41. The lowest BCUT2D eigenvalue weighted by Crippen LogP contribution is -2.35. The number of aromatic nitrogens is 1. The highest BCUT2D eigenvalue weighted by molar-refractivity contribution is 8.14. The monoisotopic (exact) mass is 476 g/mol. The molecule has 0 bridgehead atoms. The third-order valence-corrected chi connectivity index (χ3v) is 7.71. The molecule has 34 heavy (non-hydrogen) atoms. The van der Waals surface area contributed by atoms with Crippen molar-refractivity contribution < 1.29 is 4.42 Å². The number of oxazole rings is 1. The van der Waals surface area contributed by atoms with Gasteiger partial charge in [-0.1, -0.05) is 12.6 Å². The van der Waals surface area contributed by atoms with Gasteiger partial charge in [0, 0.05) is 37.1 Å². The molecule has 1 aromatic carbocycles. The fourth-order valence-corrected chi connectivity index (χ4v) is 5.63. The summed E-state index contributed by atoms with van der Waals surface area (Å²) in [4.78, 5) is 9.20. The predicted octanol–water partition coefficient (Wildman–Crippen LogP) is 4.89. The molecule has 0 aliphatic carbocycles. The predicted molar refractivity (Wildman–Crippen MR) is 140 cm³/mol. The third kappa shape index (κ3) is 5.60. The molecule has 2 saturated heterocycles. The van der Waals surface area contributed by atoms with E-state index in [0.29, 0.717) is 23.4 Å². The van der Waals surface area contributed by atoms with Crippen LogP contribution in [0.15, 0.2) is 57.4 Å². The molecule has 2 aliphatic rings. The minimum atomic E-state index is 0.547. The Morgan fingerprint density at radius 2 is 2.18 bits per heavy atom. The summed E-state index contributed by atoms with van der Waals surface area (Å²) < 4.78 is 5.39. The number of benzene rings is 1. The Bertz CT molecular complexity index is 1130. The van der Waals surface area contributed by atoms with Crippen molar-refractivity contribution in [2.75, 3.05) is 36.8 Å². The molecule has 178 valence electrons. The minimum absolute atomic E-state index is 0.547. The quantitative estimate of drug-likeness (QED) is 0.234. The summed E-state index contributed by atoms with van der Waals surface area (Å²) >= 11 is 1.71. The number of thioether (sulfide) groups is 1. The Balaban J connectivity index is 1.27. The Kier molecular flexibility index (Phi) is 7.86. The number of likely N-dealkylation sites (tertiary alicyclic amines) is 1. The summed E-state index contributed by atoms with van der Waals surface area (Å²) in [5.74, 6) is 2.35. The molecular weight excluding hydrogens is 444 g/mol. The van der Waals surface area contributed by atoms with Crippen molar-refractivity contribution in [3.63, 3.8) is 0 Å². The molecule has 7 nitrogen and oxygen atoms in total. The summed E-state index contributed by atoms with van der Waals surface area (Å²) in [6.45, 7) is 14.2. The molecule has 0 unspecified atom stereocenters. The SMILES string of the molecule is C=C(C)/C(=N\N=C(/C)c1ocnc1C)SCCCN1C[C@@H]2CCN(c3cccc(C#N)c3)[C@@H]2C1. The van der Waals surface area contributed by atoms with E-state index in [1.54, 1.807) is 11.8 Å². The second-order valence-corrected chi connectivity index (χ2v) is 10.2. The van der Waals surface area contributed by atoms with Crippen LogP contribution in [0.2, 0.25) is 0 Å². The van der Waals surface area contributed by atoms with Crippen molar-refractivity contribution in [3.05, 3.63) is 59.8 Å². The number of nitrogens with zero attached hydrogens (tertiary/aromatic N) is 6. The summed E-state index contributed by atoms with van der Waals surface area (Å²) in [7, 11) is 0. The molecule has 0 spiro atoms. The van der Waals surface area contributed by atoms with Gasteiger partial charge in [0.05, 0.1) is 17.3 Å². The van der Waals surface area contributed by atoms with Crippen LogP contribution >= 0.6 is 11.8 Å². The van der Waals surface area contributed by atoms with E-state index in [0.717, 1.165) is 60.2 Å². The normalized spacial score (nSPS) is 21.1. The van der Waals surface area contributed by atoms with Crippen LogP contribution in [0, 0.1) is 24.2 Å². The number of rotatable bonds is 8. The molecule has 2 atom stereocenters. The number of anilines is 1. The fraction of sp³-hybridized carbons (Fsp3) is 0.462. The van der Waals surface area contributed by atoms with Gasteiger partial charge in [-0.25, -0.2) is 4.98 Å². The van der Waals surface area contributed by atoms with Crippen molar-refractivity contribution in [2.45, 2.75) is 39.7 Å². The van der Waals surface area contributed by atoms with Gasteiger partial charge in [-0.3, -0.25) is 0 Å². The van der Waals surface area contributed by atoms with E-state index in [1.165, 1.54) is 18.5 Å². The topological polar surface area (TPSA) is 81.0 Å². The largest absolute Gasteiger partial charge is 0.442 e. The second-order valence-electron chi connectivity index (χ2n) is 9.07. The highest BCUT2D eigenvalue weighted by Crippen LogP contribution is 2.35. The van der Waals surface area contributed by atoms with Crippen LogP contribution < -0.4 is 4.90 Å². The average Bonchev–Trinajstić information content (AvgIpc) is 3.53. The maximum absolute atomic E-state index is 9.24. The first kappa shape index (κ1) is 24.2. The van der Waals surface area contributed by atoms with Gasteiger partial charge in [-0.2, -0.15) is 10.4 Å². The summed E-state index contributed by atoms with van der Waals surface area (Å²) in [5, 5.41) is 18.9. The van der Waals surface area contributed by atoms with Crippen LogP contribution in [0.5, 0.6) is 0 Å². The Hall–Kier alpha value is -2.89. The molecule has 8 heteroatoms. The third-order valence-electron chi connectivity index (χ3n) is 6.52. The van der Waals surface area contributed by atoms with Gasteiger partial charge in [-0.05, 0) is 69.8 Å². The van der Waals surface area contributed by atoms with Gasteiger partial charge in [-0.15, -0.1) is 16.9 Å². The zero-order valence-corrected chi connectivity index (χ0v) is 21.0. The average molecular weight is 477 g/mol. The minimum Gasteiger partial charge on any atom is -0.442 e. The molecule has 0 saturated carbocycles. The molecule has 2 aromatic rings. The molecule has 2 fully saturated rings. The first-order chi connectivity index (χ1) is 16.5. The van der Waals surface area contributed by atoms with Crippen molar-refractivity contribution in [1.29, 1.82) is 5.26 Å². The molecular formula is C26H32N6OS. The summed E-state index contributed by atoms with van der Waals surface area (Å²) in [6.07, 6.45) is 3.74. The summed E-state index contributed by atoms with van der Waals surface area (Å²) in [6, 6.07) is 10.8. The maximum Gasteiger partial charge on any atom is 0.181 e. The van der Waals surface area contributed by atoms with Crippen LogP contribution in [-0.4, -0.2) is 58.6 Å². The smallest absolute Gasteiger partial charge is 0.181 e. The van der Waals surface area contributed by atoms with Gasteiger partial charge in [0.15, 0.2) is 12.2 Å². The molecule has 0 N–H and O–H groups in total. The van der Waals surface area contributed by atoms with Crippen LogP contribution in [0.1, 0.15) is 43.7 Å². The van der Waals surface area contributed by atoms with Crippen molar-refractivity contribution in [1.82, 2.24) is 9.88 Å². The highest BCUT2D eigenvalue weighted by atomic mass is 32.2. The van der Waals surface area contributed by atoms with Gasteiger partial charge >= 0.3 is 0 Å². The molecule has 1 aromatic heterocycles. The fourth-order valence-electron chi connectivity index (χ4n) is 4.82. The van der Waals surface area contributed by atoms with E-state index >= 15 is 0 Å². The van der Waals surface area contributed by atoms with Gasteiger partial charge in [0.1, 0.15) is 10.8 Å². The van der Waals surface area contributed by atoms with Crippen LogP contribution in [0.4, 0.5) is 5.69 Å². The first-order valence-corrected chi connectivity index (χ1v) is 12.8. The Morgan fingerprint density at radius 3 is 2.91 bits per heavy atom. The first-order valence-electron chi connectivity index (χ1n) is 11.8. The number of hydrogen-bond donors (Lipinski definition) is 0. The Labute approximate surface area is 206 Å². The van der Waals surface area contributed by atoms with E-state index in [9.17, 15) is 5.26 Å². The van der Waals surface area contributed by atoms with Gasteiger partial charge in [0.2, 0.25) is 0 Å². The Morgan fingerprint density at radius 1 is 1.32 bits per heavy atom. The van der Waals surface area contributed by atoms with E-state index in [-0.39, 0.29) is 0 Å². The zero-order chi connectivity index (χ0) is 24.1. The van der Waals surface area contributed by atoms with Crippen molar-refractivity contribution in [3.8, 4) is 6.07 Å². The number of nitriles is 1. The number of hydrogen-bond acceptors (Lipinski definition) is 8. The van der Waals surface area contributed by atoms with Crippen LogP contribution in [-0.2, 0) is 0 Å². The van der Waals surface area contributed by atoms with Crippen LogP contribution in [0.3, 0.4) is 0 Å². The summed E-state index contributed by atoms with van der Waals surface area (Å²) in [5.41, 5.74) is 4.36. The van der Waals surface area contributed by atoms with E-state index < -0.39 is 0 Å². The van der Waals surface area contributed by atoms with E-state index in [4.69, 9.17) is 4.42 Å². The van der Waals surface area contributed by atoms with Crippen molar-refractivity contribution in [2.24, 2.45) is 16.1 Å². The van der Waals surface area contributed by atoms with Crippen LogP contribution in [0.25, 0.3) is 0 Å². The zero-order valence-electron chi connectivity index (χ0n) is 20.2. The molecule has 3 heterocycles. The number of fused-ring (bicyclic) bond motifs is 1. The molecule has 0 radical (unpaired) electrons. The molecule has 2 aliphatic heterocycles. The lowest BCUT2D eigenvalue weighted by molar-refractivity contribution is 0.319. The number of aryl methyl sites for hydroxylation is 1. The molecule has 0 amide bonds. The van der Waals surface area contributed by atoms with E-state index in [1.807, 2.05) is 39.0 Å². The molecule has 4 rings (SSSR count). The maximum atomic E-state index is 9.24. The second kappa shape index (κ2) is 11.0.